The fraction of sp³-hybridized carbons (Fsp3) is 1.00. The van der Waals surface area contributed by atoms with Crippen LogP contribution >= 0.6 is 0 Å². The van der Waals surface area contributed by atoms with Crippen molar-refractivity contribution in [3.63, 3.8) is 0 Å². The minimum Gasteiger partial charge on any atom is -0.396 e. The van der Waals surface area contributed by atoms with Gasteiger partial charge in [-0.25, -0.2) is 0 Å². The molecule has 3 heteroatoms. The fourth-order valence-corrected chi connectivity index (χ4v) is 1.36. The molecular weight excluding hydrogens is 116 g/mol. The lowest BCUT2D eigenvalue weighted by Crippen LogP contribution is -2.35. The molecule has 1 aliphatic carbocycles. The zero-order valence-corrected chi connectivity index (χ0v) is 5.46. The van der Waals surface area contributed by atoms with Crippen molar-refractivity contribution in [1.82, 2.24) is 0 Å². The van der Waals surface area contributed by atoms with Crippen molar-refractivity contribution in [3.8, 4) is 0 Å². The van der Waals surface area contributed by atoms with Crippen molar-refractivity contribution in [2.75, 3.05) is 6.61 Å². The number of hydrogen-bond donors (Lipinski definition) is 3. The molecule has 0 saturated heterocycles. The summed E-state index contributed by atoms with van der Waals surface area (Å²) >= 11 is 0. The number of aliphatic hydroxyl groups excluding tert-OH is 1. The Balaban J connectivity index is 2.35. The molecule has 0 aromatic rings. The first-order valence-electron chi connectivity index (χ1n) is 3.36. The Bertz CT molecular complexity index is 87.1. The average molecular weight is 130 g/mol. The van der Waals surface area contributed by atoms with E-state index in [1.54, 1.807) is 0 Å². The molecule has 1 fully saturated rings. The van der Waals surface area contributed by atoms with E-state index in [-0.39, 0.29) is 18.7 Å². The largest absolute Gasteiger partial charge is 0.396 e. The third-order valence-electron chi connectivity index (χ3n) is 2.02. The third kappa shape index (κ3) is 1.41. The summed E-state index contributed by atoms with van der Waals surface area (Å²) in [6.07, 6.45) is 1.77. The van der Waals surface area contributed by atoms with Crippen LogP contribution in [0.5, 0.6) is 0 Å². The Morgan fingerprint density at radius 3 is 1.89 bits per heavy atom. The van der Waals surface area contributed by atoms with Crippen LogP contribution in [0, 0.1) is 5.92 Å². The fourth-order valence-electron chi connectivity index (χ4n) is 1.36. The average Bonchev–Trinajstić information content (AvgIpc) is 2.13. The van der Waals surface area contributed by atoms with Gasteiger partial charge in [-0.1, -0.05) is 0 Å². The molecule has 1 unspecified atom stereocenters. The van der Waals surface area contributed by atoms with E-state index in [0.717, 1.165) is 12.8 Å². The number of rotatable bonds is 1. The molecule has 0 heterocycles. The molecule has 5 N–H and O–H groups in total. The van der Waals surface area contributed by atoms with Gasteiger partial charge in [0.1, 0.15) is 0 Å². The van der Waals surface area contributed by atoms with Crippen molar-refractivity contribution in [3.05, 3.63) is 0 Å². The van der Waals surface area contributed by atoms with Crippen LogP contribution in [0.25, 0.3) is 0 Å². The summed E-state index contributed by atoms with van der Waals surface area (Å²) in [5.41, 5.74) is 11.2. The lowest BCUT2D eigenvalue weighted by molar-refractivity contribution is 0.228. The topological polar surface area (TPSA) is 72.3 Å². The van der Waals surface area contributed by atoms with Gasteiger partial charge in [-0.05, 0) is 18.8 Å². The standard InChI is InChI=1S/C6H14N2O/c7-5-1-4(3-9)2-6(5)8/h4-6,9H,1-3,7-8H2/t4?,5-,6+. The molecule has 54 valence electrons. The molecule has 3 atom stereocenters. The van der Waals surface area contributed by atoms with Gasteiger partial charge in [-0.2, -0.15) is 0 Å². The first kappa shape index (κ1) is 6.99. The van der Waals surface area contributed by atoms with Gasteiger partial charge in [0.15, 0.2) is 0 Å². The van der Waals surface area contributed by atoms with Crippen LogP contribution in [0.2, 0.25) is 0 Å². The van der Waals surface area contributed by atoms with E-state index in [0.29, 0.717) is 5.92 Å². The van der Waals surface area contributed by atoms with Gasteiger partial charge in [-0.3, -0.25) is 0 Å². The maximum atomic E-state index is 8.69. The van der Waals surface area contributed by atoms with Crippen molar-refractivity contribution >= 4 is 0 Å². The van der Waals surface area contributed by atoms with Gasteiger partial charge in [0.2, 0.25) is 0 Å². The molecule has 0 aliphatic heterocycles. The normalized spacial score (nSPS) is 43.7. The smallest absolute Gasteiger partial charge is 0.0460 e. The minimum absolute atomic E-state index is 0.113. The number of hydrogen-bond acceptors (Lipinski definition) is 3. The van der Waals surface area contributed by atoms with Gasteiger partial charge >= 0.3 is 0 Å². The second-order valence-corrected chi connectivity index (χ2v) is 2.85. The van der Waals surface area contributed by atoms with Crippen molar-refractivity contribution < 1.29 is 5.11 Å². The van der Waals surface area contributed by atoms with Gasteiger partial charge in [-0.15, -0.1) is 0 Å². The highest BCUT2D eigenvalue weighted by Gasteiger charge is 2.27. The highest BCUT2D eigenvalue weighted by molar-refractivity contribution is 4.88. The summed E-state index contributed by atoms with van der Waals surface area (Å²) in [5.74, 6) is 0.356. The summed E-state index contributed by atoms with van der Waals surface area (Å²) in [4.78, 5) is 0. The summed E-state index contributed by atoms with van der Waals surface area (Å²) in [7, 11) is 0. The van der Waals surface area contributed by atoms with E-state index in [4.69, 9.17) is 16.6 Å². The van der Waals surface area contributed by atoms with Gasteiger partial charge in [0.25, 0.3) is 0 Å². The van der Waals surface area contributed by atoms with Crippen LogP contribution < -0.4 is 11.5 Å². The van der Waals surface area contributed by atoms with E-state index in [2.05, 4.69) is 0 Å². The molecule has 9 heavy (non-hydrogen) atoms. The Morgan fingerprint density at radius 1 is 1.22 bits per heavy atom. The Morgan fingerprint density at radius 2 is 1.67 bits per heavy atom. The minimum atomic E-state index is 0.113. The number of aliphatic hydroxyl groups is 1. The lowest BCUT2D eigenvalue weighted by Gasteiger charge is -2.05. The molecule has 1 aliphatic rings. The predicted octanol–water partition coefficient (Wildman–Crippen LogP) is -0.957. The van der Waals surface area contributed by atoms with E-state index >= 15 is 0 Å². The quantitative estimate of drug-likeness (QED) is 0.428. The molecule has 0 aromatic heterocycles. The molecule has 0 amide bonds. The molecular formula is C6H14N2O. The first-order valence-corrected chi connectivity index (χ1v) is 3.36. The van der Waals surface area contributed by atoms with Crippen LogP contribution in [0.15, 0.2) is 0 Å². The Kier molecular flexibility index (Phi) is 2.05. The summed E-state index contributed by atoms with van der Waals surface area (Å²) in [5, 5.41) is 8.69. The molecule has 0 radical (unpaired) electrons. The van der Waals surface area contributed by atoms with Crippen LogP contribution in [0.1, 0.15) is 12.8 Å². The van der Waals surface area contributed by atoms with Crippen LogP contribution in [0.3, 0.4) is 0 Å². The zero-order valence-electron chi connectivity index (χ0n) is 5.46. The van der Waals surface area contributed by atoms with E-state index in [9.17, 15) is 0 Å². The van der Waals surface area contributed by atoms with Crippen LogP contribution in [-0.2, 0) is 0 Å². The Hall–Kier alpha value is -0.120. The van der Waals surface area contributed by atoms with E-state index < -0.39 is 0 Å². The monoisotopic (exact) mass is 130 g/mol. The predicted molar refractivity (Wildman–Crippen MR) is 35.8 cm³/mol. The third-order valence-corrected chi connectivity index (χ3v) is 2.02. The lowest BCUT2D eigenvalue weighted by atomic mass is 10.1. The van der Waals surface area contributed by atoms with Crippen LogP contribution in [0.4, 0.5) is 0 Å². The summed E-state index contributed by atoms with van der Waals surface area (Å²) in [6, 6.07) is 0.226. The SMILES string of the molecule is N[C@@H]1CC(CO)C[C@@H]1N. The second-order valence-electron chi connectivity index (χ2n) is 2.85. The second kappa shape index (κ2) is 2.64. The maximum absolute atomic E-state index is 8.69. The van der Waals surface area contributed by atoms with Crippen molar-refractivity contribution in [2.24, 2.45) is 17.4 Å². The maximum Gasteiger partial charge on any atom is 0.0460 e. The molecule has 1 rings (SSSR count). The molecule has 3 nitrogen and oxygen atoms in total. The van der Waals surface area contributed by atoms with Crippen molar-refractivity contribution in [1.29, 1.82) is 0 Å². The summed E-state index contributed by atoms with van der Waals surface area (Å²) in [6.45, 7) is 0.238. The highest BCUT2D eigenvalue weighted by atomic mass is 16.3. The molecule has 0 spiro atoms. The van der Waals surface area contributed by atoms with Crippen LogP contribution in [-0.4, -0.2) is 23.8 Å². The van der Waals surface area contributed by atoms with Gasteiger partial charge in [0, 0.05) is 18.7 Å². The molecule has 0 aromatic carbocycles. The Labute approximate surface area is 55.0 Å². The summed E-state index contributed by atoms with van der Waals surface area (Å²) < 4.78 is 0. The van der Waals surface area contributed by atoms with E-state index in [1.807, 2.05) is 0 Å². The van der Waals surface area contributed by atoms with Gasteiger partial charge < -0.3 is 16.6 Å². The van der Waals surface area contributed by atoms with Gasteiger partial charge in [0.05, 0.1) is 0 Å². The van der Waals surface area contributed by atoms with Crippen molar-refractivity contribution in [2.45, 2.75) is 24.9 Å². The zero-order chi connectivity index (χ0) is 6.85. The molecule has 0 bridgehead atoms. The highest BCUT2D eigenvalue weighted by Crippen LogP contribution is 2.22. The first-order chi connectivity index (χ1) is 4.24. The molecule has 1 saturated carbocycles. The number of nitrogens with two attached hydrogens (primary N) is 2. The van der Waals surface area contributed by atoms with E-state index in [1.165, 1.54) is 0 Å².